The van der Waals surface area contributed by atoms with Crippen molar-refractivity contribution < 1.29 is 9.15 Å². The molecule has 148 valence electrons. The number of aromatic nitrogens is 1. The summed E-state index contributed by atoms with van der Waals surface area (Å²) in [7, 11) is 0. The molecule has 0 fully saturated rings. The molecule has 0 N–H and O–H groups in total. The van der Waals surface area contributed by atoms with Crippen LogP contribution in [-0.2, 0) is 0 Å². The highest BCUT2D eigenvalue weighted by Gasteiger charge is 2.09. The van der Waals surface area contributed by atoms with Gasteiger partial charge in [-0.3, -0.25) is 4.99 Å². The van der Waals surface area contributed by atoms with Gasteiger partial charge in [0, 0.05) is 0 Å². The van der Waals surface area contributed by atoms with Crippen molar-refractivity contribution >= 4 is 56.0 Å². The fourth-order valence-electron chi connectivity index (χ4n) is 3.12. The molecule has 3 aromatic carbocycles. The van der Waals surface area contributed by atoms with Crippen molar-refractivity contribution in [2.45, 2.75) is 16.4 Å². The van der Waals surface area contributed by atoms with Gasteiger partial charge in [0.1, 0.15) is 11.5 Å². The lowest BCUT2D eigenvalue weighted by atomic mass is 10.1. The fraction of sp³-hybridized carbons (Fsp3) is 0.0833. The largest absolute Gasteiger partial charge is 0.494 e. The minimum atomic E-state index is 0.655. The van der Waals surface area contributed by atoms with E-state index in [2.05, 4.69) is 34.2 Å². The first-order valence-corrected chi connectivity index (χ1v) is 11.2. The van der Waals surface area contributed by atoms with Gasteiger partial charge in [-0.1, -0.05) is 30.3 Å². The third-order valence-corrected chi connectivity index (χ3v) is 6.51. The number of thiazole rings is 1. The number of hydrogen-bond donors (Lipinski definition) is 0. The van der Waals surface area contributed by atoms with Crippen molar-refractivity contribution in [1.29, 1.82) is 0 Å². The third kappa shape index (κ3) is 4.10. The van der Waals surface area contributed by atoms with E-state index in [1.54, 1.807) is 17.6 Å². The minimum Gasteiger partial charge on any atom is -0.494 e. The number of furan rings is 1. The van der Waals surface area contributed by atoms with Crippen LogP contribution in [-0.4, -0.2) is 17.8 Å². The van der Waals surface area contributed by atoms with Gasteiger partial charge in [0.2, 0.25) is 0 Å². The zero-order valence-electron chi connectivity index (χ0n) is 16.2. The Morgan fingerprint density at radius 1 is 1.03 bits per heavy atom. The summed E-state index contributed by atoms with van der Waals surface area (Å²) in [6.45, 7) is 2.64. The molecule has 0 radical (unpaired) electrons. The smallest absolute Gasteiger partial charge is 0.168 e. The van der Waals surface area contributed by atoms with Gasteiger partial charge in [0.05, 0.1) is 28.7 Å². The van der Waals surface area contributed by atoms with E-state index in [1.165, 1.54) is 22.5 Å². The predicted molar refractivity (Wildman–Crippen MR) is 125 cm³/mol. The summed E-state index contributed by atoms with van der Waals surface area (Å²) < 4.78 is 13.5. The molecule has 2 heterocycles. The van der Waals surface area contributed by atoms with Crippen molar-refractivity contribution in [3.05, 3.63) is 78.6 Å². The van der Waals surface area contributed by atoms with Crippen LogP contribution >= 0.6 is 23.1 Å². The Labute approximate surface area is 182 Å². The zero-order chi connectivity index (χ0) is 20.3. The van der Waals surface area contributed by atoms with Gasteiger partial charge < -0.3 is 9.15 Å². The van der Waals surface area contributed by atoms with Crippen LogP contribution in [0.2, 0.25) is 0 Å². The van der Waals surface area contributed by atoms with E-state index in [0.717, 1.165) is 31.1 Å². The second-order valence-corrected chi connectivity index (χ2v) is 8.87. The van der Waals surface area contributed by atoms with Crippen molar-refractivity contribution in [3.8, 4) is 5.75 Å². The Morgan fingerprint density at radius 2 is 1.93 bits per heavy atom. The van der Waals surface area contributed by atoms with Crippen LogP contribution in [0.15, 0.2) is 91.6 Å². The van der Waals surface area contributed by atoms with Crippen LogP contribution in [0.25, 0.3) is 21.0 Å². The Bertz CT molecular complexity index is 1350. The molecule has 5 aromatic rings. The number of hydrogen-bond acceptors (Lipinski definition) is 6. The van der Waals surface area contributed by atoms with Crippen LogP contribution in [0, 0.1) is 0 Å². The first kappa shape index (κ1) is 18.9. The number of benzene rings is 3. The van der Waals surface area contributed by atoms with Crippen LogP contribution in [0.3, 0.4) is 0 Å². The molecule has 0 saturated heterocycles. The van der Waals surface area contributed by atoms with Crippen LogP contribution in [0.1, 0.15) is 12.7 Å². The fourth-order valence-corrected chi connectivity index (χ4v) is 5.12. The van der Waals surface area contributed by atoms with Gasteiger partial charge >= 0.3 is 0 Å². The van der Waals surface area contributed by atoms with E-state index < -0.39 is 0 Å². The molecule has 0 aliphatic heterocycles. The quantitative estimate of drug-likeness (QED) is 0.264. The monoisotopic (exact) mass is 430 g/mol. The van der Waals surface area contributed by atoms with Crippen molar-refractivity contribution in [2.24, 2.45) is 4.99 Å². The maximum Gasteiger partial charge on any atom is 0.168 e. The summed E-state index contributed by atoms with van der Waals surface area (Å²) in [4.78, 5) is 9.23. The second kappa shape index (κ2) is 8.34. The molecule has 0 bridgehead atoms. The topological polar surface area (TPSA) is 47.6 Å². The number of aliphatic imine (C=N–C) groups is 1. The molecule has 0 amide bonds. The molecule has 0 unspecified atom stereocenters. The summed E-state index contributed by atoms with van der Waals surface area (Å²) in [6, 6.07) is 24.3. The van der Waals surface area contributed by atoms with Gasteiger partial charge in [-0.05, 0) is 71.9 Å². The summed E-state index contributed by atoms with van der Waals surface area (Å²) >= 11 is 3.15. The lowest BCUT2D eigenvalue weighted by Gasteiger charge is -2.00. The molecule has 5 rings (SSSR count). The molecular formula is C24H18N2O2S2. The van der Waals surface area contributed by atoms with E-state index in [0.29, 0.717) is 12.4 Å². The first-order valence-electron chi connectivity index (χ1n) is 9.61. The molecule has 0 aliphatic carbocycles. The Hall–Kier alpha value is -3.09. The Balaban J connectivity index is 1.31. The molecule has 30 heavy (non-hydrogen) atoms. The zero-order valence-corrected chi connectivity index (χ0v) is 17.9. The van der Waals surface area contributed by atoms with Crippen LogP contribution in [0.5, 0.6) is 5.75 Å². The molecule has 0 saturated carbocycles. The first-order chi connectivity index (χ1) is 14.8. The van der Waals surface area contributed by atoms with E-state index >= 15 is 0 Å². The van der Waals surface area contributed by atoms with Crippen molar-refractivity contribution in [1.82, 2.24) is 4.98 Å². The highest BCUT2D eigenvalue weighted by atomic mass is 32.2. The van der Waals surface area contributed by atoms with Crippen molar-refractivity contribution in [2.75, 3.05) is 6.61 Å². The average molecular weight is 431 g/mol. The SMILES string of the molecule is CCOc1ccc2nc(Sc3ccc(C=Nc4ccc5ccccc5c4)o3)sc2c1. The maximum absolute atomic E-state index is 5.91. The highest BCUT2D eigenvalue weighted by molar-refractivity contribution is 8.01. The Morgan fingerprint density at radius 3 is 2.83 bits per heavy atom. The number of rotatable bonds is 6. The van der Waals surface area contributed by atoms with E-state index in [4.69, 9.17) is 9.15 Å². The standard InChI is InChI=1S/C24H18N2O2S2/c1-2-27-19-9-11-21-22(14-19)29-24(26-21)30-23-12-10-20(28-23)15-25-18-8-7-16-5-3-4-6-17(16)13-18/h3-15H,2H2,1H3. The van der Waals surface area contributed by atoms with Gasteiger partial charge in [0.15, 0.2) is 9.43 Å². The normalized spacial score (nSPS) is 11.6. The summed E-state index contributed by atoms with van der Waals surface area (Å²) in [5.41, 5.74) is 1.87. The molecule has 6 heteroatoms. The minimum absolute atomic E-state index is 0.655. The molecule has 0 atom stereocenters. The van der Waals surface area contributed by atoms with Gasteiger partial charge in [-0.2, -0.15) is 0 Å². The van der Waals surface area contributed by atoms with Gasteiger partial charge in [-0.15, -0.1) is 11.3 Å². The van der Waals surface area contributed by atoms with Gasteiger partial charge in [0.25, 0.3) is 0 Å². The van der Waals surface area contributed by atoms with Crippen molar-refractivity contribution in [3.63, 3.8) is 0 Å². The molecule has 2 aromatic heterocycles. The van der Waals surface area contributed by atoms with E-state index in [1.807, 2.05) is 55.5 Å². The van der Waals surface area contributed by atoms with E-state index in [9.17, 15) is 0 Å². The second-order valence-electron chi connectivity index (χ2n) is 6.59. The van der Waals surface area contributed by atoms with Gasteiger partial charge in [-0.25, -0.2) is 4.98 Å². The summed E-state index contributed by atoms with van der Waals surface area (Å²) in [5, 5.41) is 3.17. The number of ether oxygens (including phenoxy) is 1. The summed E-state index contributed by atoms with van der Waals surface area (Å²) in [6.07, 6.45) is 1.75. The molecular weight excluding hydrogens is 412 g/mol. The van der Waals surface area contributed by atoms with E-state index in [-0.39, 0.29) is 0 Å². The average Bonchev–Trinajstić information content (AvgIpc) is 3.38. The lowest BCUT2D eigenvalue weighted by Crippen LogP contribution is -1.89. The lowest BCUT2D eigenvalue weighted by molar-refractivity contribution is 0.341. The summed E-state index contributed by atoms with van der Waals surface area (Å²) in [5.74, 6) is 1.58. The van der Waals surface area contributed by atoms with Crippen LogP contribution < -0.4 is 4.74 Å². The number of fused-ring (bicyclic) bond motifs is 2. The Kier molecular flexibility index (Phi) is 5.26. The highest BCUT2D eigenvalue weighted by Crippen LogP contribution is 2.36. The predicted octanol–water partition coefficient (Wildman–Crippen LogP) is 7.34. The molecule has 4 nitrogen and oxygen atoms in total. The maximum atomic E-state index is 5.91. The number of nitrogens with zero attached hydrogens (tertiary/aromatic N) is 2. The third-order valence-electron chi connectivity index (χ3n) is 4.52. The molecule has 0 aliphatic rings. The van der Waals surface area contributed by atoms with Crippen LogP contribution in [0.4, 0.5) is 5.69 Å². The molecule has 0 spiro atoms.